The molecule has 2 heterocycles. The molecule has 4 heteroatoms. The van der Waals surface area contributed by atoms with Crippen LogP contribution in [0.2, 0.25) is 0 Å². The number of rotatable bonds is 3. The van der Waals surface area contributed by atoms with E-state index < -0.39 is 0 Å². The van der Waals surface area contributed by atoms with Crippen molar-refractivity contribution in [3.8, 4) is 17.0 Å². The minimum atomic E-state index is 0.274. The first-order valence-corrected chi connectivity index (χ1v) is 7.46. The van der Waals surface area contributed by atoms with Gasteiger partial charge in [0.05, 0.1) is 17.6 Å². The summed E-state index contributed by atoms with van der Waals surface area (Å²) in [6.07, 6.45) is 2.57. The number of benzene rings is 2. The Morgan fingerprint density at radius 2 is 1.65 bits per heavy atom. The molecule has 0 spiro atoms. The molecule has 4 nitrogen and oxygen atoms in total. The van der Waals surface area contributed by atoms with Crippen molar-refractivity contribution < 1.29 is 5.11 Å². The van der Waals surface area contributed by atoms with Gasteiger partial charge in [0.15, 0.2) is 5.65 Å². The molecule has 0 aliphatic rings. The minimum Gasteiger partial charge on any atom is -0.508 e. The Labute approximate surface area is 133 Å². The quantitative estimate of drug-likeness (QED) is 0.628. The van der Waals surface area contributed by atoms with Crippen molar-refractivity contribution in [2.45, 2.75) is 6.42 Å². The maximum absolute atomic E-state index is 9.39. The third-order valence-corrected chi connectivity index (χ3v) is 3.82. The van der Waals surface area contributed by atoms with E-state index in [2.05, 4.69) is 4.98 Å². The summed E-state index contributed by atoms with van der Waals surface area (Å²) in [5.41, 5.74) is 4.96. The van der Waals surface area contributed by atoms with Crippen LogP contribution in [0.5, 0.6) is 5.75 Å². The van der Waals surface area contributed by atoms with Crippen LogP contribution in [-0.4, -0.2) is 19.7 Å². The lowest BCUT2D eigenvalue weighted by atomic mass is 10.1. The van der Waals surface area contributed by atoms with E-state index in [1.807, 2.05) is 65.3 Å². The Balaban J connectivity index is 1.74. The van der Waals surface area contributed by atoms with Gasteiger partial charge in [-0.25, -0.2) is 9.50 Å². The highest BCUT2D eigenvalue weighted by Crippen LogP contribution is 2.19. The summed E-state index contributed by atoms with van der Waals surface area (Å²) < 4.78 is 1.88. The lowest BCUT2D eigenvalue weighted by Crippen LogP contribution is -2.00. The molecule has 112 valence electrons. The fourth-order valence-corrected chi connectivity index (χ4v) is 2.63. The number of fused-ring (bicyclic) bond motifs is 1. The smallest absolute Gasteiger partial charge is 0.153 e. The largest absolute Gasteiger partial charge is 0.508 e. The van der Waals surface area contributed by atoms with Gasteiger partial charge in [-0.2, -0.15) is 5.10 Å². The zero-order valence-electron chi connectivity index (χ0n) is 12.4. The molecular weight excluding hydrogens is 286 g/mol. The first-order chi connectivity index (χ1) is 11.3. The molecule has 0 fully saturated rings. The van der Waals surface area contributed by atoms with Crippen LogP contribution >= 0.6 is 0 Å². The Bertz CT molecular complexity index is 943. The van der Waals surface area contributed by atoms with Gasteiger partial charge in [0, 0.05) is 12.0 Å². The third kappa shape index (κ3) is 2.66. The van der Waals surface area contributed by atoms with Gasteiger partial charge < -0.3 is 5.11 Å². The van der Waals surface area contributed by atoms with Crippen molar-refractivity contribution in [1.82, 2.24) is 14.6 Å². The van der Waals surface area contributed by atoms with Crippen LogP contribution < -0.4 is 0 Å². The number of imidazole rings is 1. The summed E-state index contributed by atoms with van der Waals surface area (Å²) in [6, 6.07) is 21.3. The fraction of sp³-hybridized carbons (Fsp3) is 0.0526. The van der Waals surface area contributed by atoms with Crippen LogP contribution in [0.25, 0.3) is 16.9 Å². The highest BCUT2D eigenvalue weighted by atomic mass is 16.3. The molecule has 0 atom stereocenters. The van der Waals surface area contributed by atoms with Crippen LogP contribution in [0.15, 0.2) is 72.9 Å². The van der Waals surface area contributed by atoms with E-state index in [0.29, 0.717) is 6.42 Å². The maximum atomic E-state index is 9.39. The molecule has 0 unspecified atom stereocenters. The van der Waals surface area contributed by atoms with E-state index in [0.717, 1.165) is 28.2 Å². The normalized spacial score (nSPS) is 11.0. The molecule has 2 aromatic heterocycles. The average molecular weight is 301 g/mol. The number of hydrogen-bond donors (Lipinski definition) is 1. The molecule has 0 aliphatic carbocycles. The summed E-state index contributed by atoms with van der Waals surface area (Å²) in [4.78, 5) is 4.42. The second kappa shape index (κ2) is 5.57. The van der Waals surface area contributed by atoms with Crippen LogP contribution in [0, 0.1) is 0 Å². The SMILES string of the molecule is Oc1ccc(Cc2cnc3ccc(-c4ccccc4)nn23)cc1. The van der Waals surface area contributed by atoms with Crippen molar-refractivity contribution in [3.63, 3.8) is 0 Å². The standard InChI is InChI=1S/C19H15N3O/c23-17-8-6-14(7-9-17)12-16-13-20-19-11-10-18(21-22(16)19)15-4-2-1-3-5-15/h1-11,13,23H,12H2. The first-order valence-electron chi connectivity index (χ1n) is 7.46. The van der Waals surface area contributed by atoms with Gasteiger partial charge in [-0.1, -0.05) is 42.5 Å². The van der Waals surface area contributed by atoms with Crippen molar-refractivity contribution >= 4 is 5.65 Å². The molecule has 0 saturated carbocycles. The van der Waals surface area contributed by atoms with Gasteiger partial charge in [0.25, 0.3) is 0 Å². The van der Waals surface area contributed by atoms with Gasteiger partial charge in [-0.3, -0.25) is 0 Å². The monoisotopic (exact) mass is 301 g/mol. The van der Waals surface area contributed by atoms with Gasteiger partial charge >= 0.3 is 0 Å². The van der Waals surface area contributed by atoms with Gasteiger partial charge in [-0.05, 0) is 29.8 Å². The van der Waals surface area contributed by atoms with Crippen LogP contribution in [-0.2, 0) is 6.42 Å². The van der Waals surface area contributed by atoms with E-state index in [9.17, 15) is 5.11 Å². The van der Waals surface area contributed by atoms with Gasteiger partial charge in [-0.15, -0.1) is 0 Å². The van der Waals surface area contributed by atoms with E-state index in [4.69, 9.17) is 5.10 Å². The van der Waals surface area contributed by atoms with Crippen molar-refractivity contribution in [2.75, 3.05) is 0 Å². The summed E-state index contributed by atoms with van der Waals surface area (Å²) in [5, 5.41) is 14.1. The minimum absolute atomic E-state index is 0.274. The zero-order chi connectivity index (χ0) is 15.6. The van der Waals surface area contributed by atoms with Crippen LogP contribution in [0.4, 0.5) is 0 Å². The van der Waals surface area contributed by atoms with E-state index in [1.54, 1.807) is 12.1 Å². The zero-order valence-corrected chi connectivity index (χ0v) is 12.4. The molecule has 0 aliphatic heterocycles. The predicted octanol–water partition coefficient (Wildman–Crippen LogP) is 3.69. The molecular formula is C19H15N3O. The molecule has 4 rings (SSSR count). The number of aromatic hydroxyl groups is 1. The van der Waals surface area contributed by atoms with E-state index in [-0.39, 0.29) is 5.75 Å². The third-order valence-electron chi connectivity index (χ3n) is 3.82. The highest BCUT2D eigenvalue weighted by molar-refractivity contribution is 5.60. The molecule has 0 bridgehead atoms. The summed E-state index contributed by atoms with van der Waals surface area (Å²) >= 11 is 0. The van der Waals surface area contributed by atoms with Gasteiger partial charge in [0.1, 0.15) is 5.75 Å². The molecule has 4 aromatic rings. The molecule has 0 amide bonds. The number of hydrogen-bond acceptors (Lipinski definition) is 3. The number of phenolic OH excluding ortho intramolecular Hbond substituents is 1. The Hall–Kier alpha value is -3.14. The molecule has 2 aromatic carbocycles. The summed E-state index contributed by atoms with van der Waals surface area (Å²) in [5.74, 6) is 0.274. The second-order valence-electron chi connectivity index (χ2n) is 5.45. The molecule has 0 radical (unpaired) electrons. The Morgan fingerprint density at radius 3 is 2.43 bits per heavy atom. The maximum Gasteiger partial charge on any atom is 0.153 e. The predicted molar refractivity (Wildman–Crippen MR) is 89.3 cm³/mol. The van der Waals surface area contributed by atoms with Crippen LogP contribution in [0.3, 0.4) is 0 Å². The lowest BCUT2D eigenvalue weighted by molar-refractivity contribution is 0.475. The lowest BCUT2D eigenvalue weighted by Gasteiger charge is -2.05. The number of aromatic nitrogens is 3. The number of nitrogens with zero attached hydrogens (tertiary/aromatic N) is 3. The Kier molecular flexibility index (Phi) is 3.27. The molecule has 0 saturated heterocycles. The highest BCUT2D eigenvalue weighted by Gasteiger charge is 2.08. The summed E-state index contributed by atoms with van der Waals surface area (Å²) in [7, 11) is 0. The van der Waals surface area contributed by atoms with Crippen LogP contribution in [0.1, 0.15) is 11.3 Å². The Morgan fingerprint density at radius 1 is 0.870 bits per heavy atom. The second-order valence-corrected chi connectivity index (χ2v) is 5.45. The summed E-state index contributed by atoms with van der Waals surface area (Å²) in [6.45, 7) is 0. The van der Waals surface area contributed by atoms with Gasteiger partial charge in [0.2, 0.25) is 0 Å². The molecule has 1 N–H and O–H groups in total. The van der Waals surface area contributed by atoms with E-state index >= 15 is 0 Å². The fourth-order valence-electron chi connectivity index (χ4n) is 2.63. The average Bonchev–Trinajstić information content (AvgIpc) is 3.00. The topological polar surface area (TPSA) is 50.4 Å². The first kappa shape index (κ1) is 13.5. The van der Waals surface area contributed by atoms with E-state index in [1.165, 1.54) is 0 Å². The molecule has 23 heavy (non-hydrogen) atoms. The van der Waals surface area contributed by atoms with Crippen molar-refractivity contribution in [3.05, 3.63) is 84.2 Å². The number of phenols is 1. The van der Waals surface area contributed by atoms with Crippen molar-refractivity contribution in [2.24, 2.45) is 0 Å². The van der Waals surface area contributed by atoms with Crippen molar-refractivity contribution in [1.29, 1.82) is 0 Å².